The topological polar surface area (TPSA) is 98.0 Å². The highest BCUT2D eigenvalue weighted by Crippen LogP contribution is 2.23. The molecule has 106 valence electrons. The van der Waals surface area contributed by atoms with Crippen molar-refractivity contribution in [1.29, 1.82) is 0 Å². The highest BCUT2D eigenvalue weighted by Gasteiger charge is 2.27. The SMILES string of the molecule is Nc1ccc2ncnc(NCC3CCS(=O)(=O)C3)c2c1. The fourth-order valence-electron chi connectivity index (χ4n) is 2.49. The molecular formula is C13H16N4O2S. The molecule has 1 saturated heterocycles. The average Bonchev–Trinajstić information content (AvgIpc) is 2.76. The lowest BCUT2D eigenvalue weighted by molar-refractivity contribution is 0.596. The van der Waals surface area contributed by atoms with Gasteiger partial charge in [-0.1, -0.05) is 0 Å². The molecule has 2 aromatic rings. The van der Waals surface area contributed by atoms with Crippen LogP contribution in [0.5, 0.6) is 0 Å². The number of nitrogen functional groups attached to an aromatic ring is 1. The zero-order chi connectivity index (χ0) is 14.2. The molecule has 1 aliphatic heterocycles. The van der Waals surface area contributed by atoms with Crippen molar-refractivity contribution in [2.45, 2.75) is 6.42 Å². The number of nitrogens with two attached hydrogens (primary N) is 1. The Morgan fingerprint density at radius 1 is 1.35 bits per heavy atom. The van der Waals surface area contributed by atoms with E-state index in [4.69, 9.17) is 5.73 Å². The van der Waals surface area contributed by atoms with E-state index < -0.39 is 9.84 Å². The summed E-state index contributed by atoms with van der Waals surface area (Å²) in [4.78, 5) is 8.40. The molecular weight excluding hydrogens is 276 g/mol. The molecule has 3 N–H and O–H groups in total. The summed E-state index contributed by atoms with van der Waals surface area (Å²) in [5.41, 5.74) is 7.25. The molecule has 1 aliphatic rings. The van der Waals surface area contributed by atoms with Gasteiger partial charge in [-0.2, -0.15) is 0 Å². The number of hydrogen-bond donors (Lipinski definition) is 2. The first-order chi connectivity index (χ1) is 9.53. The monoisotopic (exact) mass is 292 g/mol. The predicted molar refractivity (Wildman–Crippen MR) is 79.2 cm³/mol. The quantitative estimate of drug-likeness (QED) is 0.821. The minimum atomic E-state index is -2.84. The van der Waals surface area contributed by atoms with Crippen molar-refractivity contribution in [2.75, 3.05) is 29.1 Å². The van der Waals surface area contributed by atoms with Gasteiger partial charge in [-0.3, -0.25) is 0 Å². The van der Waals surface area contributed by atoms with E-state index in [-0.39, 0.29) is 17.4 Å². The number of nitrogens with zero attached hydrogens (tertiary/aromatic N) is 2. The molecule has 7 heteroatoms. The van der Waals surface area contributed by atoms with Crippen LogP contribution in [0.2, 0.25) is 0 Å². The third-order valence-electron chi connectivity index (χ3n) is 3.54. The summed E-state index contributed by atoms with van der Waals surface area (Å²) in [6.07, 6.45) is 2.20. The minimum Gasteiger partial charge on any atom is -0.399 e. The van der Waals surface area contributed by atoms with Crippen molar-refractivity contribution in [1.82, 2.24) is 9.97 Å². The summed E-state index contributed by atoms with van der Waals surface area (Å²) in [5.74, 6) is 1.39. The van der Waals surface area contributed by atoms with Crippen LogP contribution < -0.4 is 11.1 Å². The normalized spacial score (nSPS) is 21.1. The van der Waals surface area contributed by atoms with Gasteiger partial charge >= 0.3 is 0 Å². The summed E-state index contributed by atoms with van der Waals surface area (Å²) in [6.45, 7) is 0.597. The lowest BCUT2D eigenvalue weighted by Crippen LogP contribution is -2.16. The number of anilines is 2. The molecule has 1 aromatic heterocycles. The van der Waals surface area contributed by atoms with Crippen LogP contribution in [0.1, 0.15) is 6.42 Å². The van der Waals surface area contributed by atoms with E-state index in [0.717, 1.165) is 10.9 Å². The van der Waals surface area contributed by atoms with E-state index in [1.165, 1.54) is 6.33 Å². The van der Waals surface area contributed by atoms with Gasteiger partial charge in [0.15, 0.2) is 9.84 Å². The van der Waals surface area contributed by atoms with Crippen LogP contribution in [-0.2, 0) is 9.84 Å². The lowest BCUT2D eigenvalue weighted by Gasteiger charge is -2.12. The molecule has 0 radical (unpaired) electrons. The summed E-state index contributed by atoms with van der Waals surface area (Å²) in [6, 6.07) is 5.46. The molecule has 2 heterocycles. The first-order valence-electron chi connectivity index (χ1n) is 6.48. The van der Waals surface area contributed by atoms with Gasteiger partial charge in [-0.15, -0.1) is 0 Å². The number of hydrogen-bond acceptors (Lipinski definition) is 6. The van der Waals surface area contributed by atoms with Crippen molar-refractivity contribution in [3.05, 3.63) is 24.5 Å². The van der Waals surface area contributed by atoms with Gasteiger partial charge in [0, 0.05) is 17.6 Å². The number of sulfone groups is 1. The smallest absolute Gasteiger partial charge is 0.150 e. The number of aromatic nitrogens is 2. The zero-order valence-electron chi connectivity index (χ0n) is 10.9. The van der Waals surface area contributed by atoms with E-state index in [9.17, 15) is 8.42 Å². The maximum absolute atomic E-state index is 11.4. The van der Waals surface area contributed by atoms with Gasteiger partial charge < -0.3 is 11.1 Å². The second-order valence-electron chi connectivity index (χ2n) is 5.15. The highest BCUT2D eigenvalue weighted by molar-refractivity contribution is 7.91. The third kappa shape index (κ3) is 2.67. The lowest BCUT2D eigenvalue weighted by atomic mass is 10.1. The predicted octanol–water partition coefficient (Wildman–Crippen LogP) is 1.06. The van der Waals surface area contributed by atoms with Crippen LogP contribution in [-0.4, -0.2) is 36.4 Å². The van der Waals surface area contributed by atoms with Crippen LogP contribution in [0.15, 0.2) is 24.5 Å². The maximum atomic E-state index is 11.4. The van der Waals surface area contributed by atoms with Gasteiger partial charge in [-0.05, 0) is 30.5 Å². The van der Waals surface area contributed by atoms with Crippen molar-refractivity contribution in [2.24, 2.45) is 5.92 Å². The Balaban J connectivity index is 1.79. The van der Waals surface area contributed by atoms with Gasteiger partial charge in [0.1, 0.15) is 12.1 Å². The van der Waals surface area contributed by atoms with E-state index in [0.29, 0.717) is 24.5 Å². The number of rotatable bonds is 3. The summed E-state index contributed by atoms with van der Waals surface area (Å²) >= 11 is 0. The van der Waals surface area contributed by atoms with Crippen molar-refractivity contribution < 1.29 is 8.42 Å². The van der Waals surface area contributed by atoms with E-state index >= 15 is 0 Å². The summed E-state index contributed by atoms with van der Waals surface area (Å²) < 4.78 is 22.9. The molecule has 1 aromatic carbocycles. The van der Waals surface area contributed by atoms with Crippen molar-refractivity contribution in [3.63, 3.8) is 0 Å². The Morgan fingerprint density at radius 3 is 2.95 bits per heavy atom. The second-order valence-corrected chi connectivity index (χ2v) is 7.38. The molecule has 0 aliphatic carbocycles. The number of fused-ring (bicyclic) bond motifs is 1. The molecule has 1 unspecified atom stereocenters. The summed E-state index contributed by atoms with van der Waals surface area (Å²) in [5, 5.41) is 4.08. The Bertz CT molecular complexity index is 745. The van der Waals surface area contributed by atoms with Crippen molar-refractivity contribution in [3.8, 4) is 0 Å². The van der Waals surface area contributed by atoms with Crippen molar-refractivity contribution >= 4 is 32.2 Å². The van der Waals surface area contributed by atoms with Gasteiger partial charge in [0.25, 0.3) is 0 Å². The van der Waals surface area contributed by atoms with Crippen LogP contribution in [0, 0.1) is 5.92 Å². The van der Waals surface area contributed by atoms with Crippen LogP contribution >= 0.6 is 0 Å². The standard InChI is InChI=1S/C13H16N4O2S/c14-10-1-2-12-11(5-10)13(17-8-16-12)15-6-9-3-4-20(18,19)7-9/h1-2,5,8-9H,3-4,6-7,14H2,(H,15,16,17). The molecule has 0 saturated carbocycles. The Morgan fingerprint density at radius 2 is 2.20 bits per heavy atom. The summed E-state index contributed by atoms with van der Waals surface area (Å²) in [7, 11) is -2.84. The first kappa shape index (κ1) is 13.1. The highest BCUT2D eigenvalue weighted by atomic mass is 32.2. The second kappa shape index (κ2) is 4.90. The van der Waals surface area contributed by atoms with Gasteiger partial charge in [0.05, 0.1) is 17.0 Å². The van der Waals surface area contributed by atoms with Gasteiger partial charge in [-0.25, -0.2) is 18.4 Å². The van der Waals surface area contributed by atoms with E-state index in [1.807, 2.05) is 12.1 Å². The number of benzene rings is 1. The Labute approximate surface area is 117 Å². The third-order valence-corrected chi connectivity index (χ3v) is 5.38. The zero-order valence-corrected chi connectivity index (χ0v) is 11.7. The van der Waals surface area contributed by atoms with Gasteiger partial charge in [0.2, 0.25) is 0 Å². The number of nitrogens with one attached hydrogen (secondary N) is 1. The Kier molecular flexibility index (Phi) is 3.21. The molecule has 0 spiro atoms. The molecule has 0 bridgehead atoms. The minimum absolute atomic E-state index is 0.145. The molecule has 6 nitrogen and oxygen atoms in total. The Hall–Kier alpha value is -1.89. The molecule has 1 fully saturated rings. The van der Waals surface area contributed by atoms with Crippen LogP contribution in [0.25, 0.3) is 10.9 Å². The van der Waals surface area contributed by atoms with E-state index in [1.54, 1.807) is 6.07 Å². The first-order valence-corrected chi connectivity index (χ1v) is 8.30. The molecule has 20 heavy (non-hydrogen) atoms. The molecule has 3 rings (SSSR count). The maximum Gasteiger partial charge on any atom is 0.150 e. The van der Waals surface area contributed by atoms with Crippen LogP contribution in [0.3, 0.4) is 0 Å². The molecule has 0 amide bonds. The van der Waals surface area contributed by atoms with E-state index in [2.05, 4.69) is 15.3 Å². The largest absolute Gasteiger partial charge is 0.399 e. The fraction of sp³-hybridized carbons (Fsp3) is 0.385. The fourth-order valence-corrected chi connectivity index (χ4v) is 4.35. The van der Waals surface area contributed by atoms with Crippen LogP contribution in [0.4, 0.5) is 11.5 Å². The molecule has 1 atom stereocenters. The average molecular weight is 292 g/mol.